The van der Waals surface area contributed by atoms with E-state index in [1.807, 2.05) is 0 Å². The second-order valence-electron chi connectivity index (χ2n) is 5.64. The number of rotatable bonds is 2. The number of nitro benzene ring substituents is 1. The molecular formula is C14H18N2O4. The Hall–Kier alpha value is -1.95. The highest BCUT2D eigenvalue weighted by molar-refractivity contribution is 5.95. The van der Waals surface area contributed by atoms with Crippen molar-refractivity contribution in [2.24, 2.45) is 0 Å². The standard InChI is InChI=1S/C14H18N2O4/c1-10-6-11(8-12(7-10)16(19)20)13(17)15-5-3-4-14(2,18)9-15/h6-8,18H,3-5,9H2,1-2H3. The topological polar surface area (TPSA) is 83.7 Å². The van der Waals surface area contributed by atoms with E-state index in [2.05, 4.69) is 0 Å². The predicted molar refractivity (Wildman–Crippen MR) is 73.6 cm³/mol. The van der Waals surface area contributed by atoms with Crippen LogP contribution in [0, 0.1) is 17.0 Å². The minimum atomic E-state index is -0.885. The lowest BCUT2D eigenvalue weighted by Gasteiger charge is -2.36. The van der Waals surface area contributed by atoms with E-state index in [1.165, 1.54) is 12.1 Å². The van der Waals surface area contributed by atoms with Crippen molar-refractivity contribution >= 4 is 11.6 Å². The summed E-state index contributed by atoms with van der Waals surface area (Å²) in [5, 5.41) is 20.9. The third kappa shape index (κ3) is 3.14. The lowest BCUT2D eigenvalue weighted by molar-refractivity contribution is -0.384. The minimum absolute atomic E-state index is 0.0860. The van der Waals surface area contributed by atoms with Crippen molar-refractivity contribution in [3.05, 3.63) is 39.4 Å². The molecule has 0 radical (unpaired) electrons. The van der Waals surface area contributed by atoms with E-state index in [0.29, 0.717) is 24.1 Å². The average Bonchev–Trinajstić information content (AvgIpc) is 2.35. The summed E-state index contributed by atoms with van der Waals surface area (Å²) < 4.78 is 0. The van der Waals surface area contributed by atoms with E-state index in [9.17, 15) is 20.0 Å². The van der Waals surface area contributed by atoms with Gasteiger partial charge in [0.2, 0.25) is 0 Å². The van der Waals surface area contributed by atoms with Crippen molar-refractivity contribution in [3.8, 4) is 0 Å². The van der Waals surface area contributed by atoms with Crippen LogP contribution in [0.1, 0.15) is 35.7 Å². The number of β-amino-alcohol motifs (C(OH)–C–C–N with tert-alkyl or cyclic N) is 1. The molecule has 2 rings (SSSR count). The number of hydrogen-bond acceptors (Lipinski definition) is 4. The van der Waals surface area contributed by atoms with E-state index in [1.54, 1.807) is 24.8 Å². The van der Waals surface area contributed by atoms with Crippen LogP contribution in [0.15, 0.2) is 18.2 Å². The van der Waals surface area contributed by atoms with Crippen molar-refractivity contribution in [1.29, 1.82) is 0 Å². The monoisotopic (exact) mass is 278 g/mol. The molecule has 0 spiro atoms. The van der Waals surface area contributed by atoms with Crippen molar-refractivity contribution in [3.63, 3.8) is 0 Å². The zero-order valence-corrected chi connectivity index (χ0v) is 11.6. The maximum Gasteiger partial charge on any atom is 0.270 e. The van der Waals surface area contributed by atoms with Gasteiger partial charge in [0, 0.05) is 30.8 Å². The largest absolute Gasteiger partial charge is 0.388 e. The van der Waals surface area contributed by atoms with Crippen molar-refractivity contribution in [2.75, 3.05) is 13.1 Å². The molecule has 1 fully saturated rings. The van der Waals surface area contributed by atoms with Gasteiger partial charge in [-0.1, -0.05) is 0 Å². The number of likely N-dealkylation sites (tertiary alicyclic amines) is 1. The fourth-order valence-electron chi connectivity index (χ4n) is 2.57. The lowest BCUT2D eigenvalue weighted by Crippen LogP contribution is -2.48. The summed E-state index contributed by atoms with van der Waals surface area (Å²) in [6.07, 6.45) is 1.39. The fraction of sp³-hybridized carbons (Fsp3) is 0.500. The fourth-order valence-corrected chi connectivity index (χ4v) is 2.57. The summed E-state index contributed by atoms with van der Waals surface area (Å²) in [6, 6.07) is 4.36. The Morgan fingerprint density at radius 2 is 2.15 bits per heavy atom. The molecule has 1 unspecified atom stereocenters. The first-order valence-corrected chi connectivity index (χ1v) is 6.56. The van der Waals surface area contributed by atoms with Crippen LogP contribution in [-0.2, 0) is 0 Å². The number of aryl methyl sites for hydroxylation is 1. The predicted octanol–water partition coefficient (Wildman–Crippen LogP) is 1.89. The SMILES string of the molecule is Cc1cc(C(=O)N2CCCC(C)(O)C2)cc([N+](=O)[O-])c1. The average molecular weight is 278 g/mol. The molecule has 1 aromatic rings. The number of benzene rings is 1. The van der Waals surface area contributed by atoms with Crippen molar-refractivity contribution in [1.82, 2.24) is 4.90 Å². The molecule has 1 atom stereocenters. The van der Waals surface area contributed by atoms with E-state index < -0.39 is 10.5 Å². The van der Waals surface area contributed by atoms with Gasteiger partial charge in [-0.15, -0.1) is 0 Å². The number of hydrogen-bond donors (Lipinski definition) is 1. The lowest BCUT2D eigenvalue weighted by atomic mass is 9.94. The number of aliphatic hydroxyl groups is 1. The summed E-state index contributed by atoms with van der Waals surface area (Å²) in [4.78, 5) is 24.3. The Labute approximate surface area is 117 Å². The highest BCUT2D eigenvalue weighted by Crippen LogP contribution is 2.23. The third-order valence-corrected chi connectivity index (χ3v) is 3.48. The van der Waals surface area contributed by atoms with Gasteiger partial charge in [0.1, 0.15) is 0 Å². The Bertz CT molecular complexity index is 554. The van der Waals surface area contributed by atoms with Crippen LogP contribution in [0.3, 0.4) is 0 Å². The van der Waals surface area contributed by atoms with Gasteiger partial charge in [0.05, 0.1) is 10.5 Å². The number of carbonyl (C=O) groups is 1. The van der Waals surface area contributed by atoms with E-state index in [0.717, 1.165) is 6.42 Å². The Morgan fingerprint density at radius 3 is 2.75 bits per heavy atom. The van der Waals surface area contributed by atoms with Crippen LogP contribution in [0.25, 0.3) is 0 Å². The smallest absolute Gasteiger partial charge is 0.270 e. The molecule has 1 N–H and O–H groups in total. The molecule has 1 heterocycles. The van der Waals surface area contributed by atoms with Gasteiger partial charge in [-0.05, 0) is 38.3 Å². The van der Waals surface area contributed by atoms with Gasteiger partial charge in [0.25, 0.3) is 11.6 Å². The van der Waals surface area contributed by atoms with E-state index in [-0.39, 0.29) is 18.1 Å². The first-order valence-electron chi connectivity index (χ1n) is 6.56. The molecule has 0 bridgehead atoms. The van der Waals surface area contributed by atoms with Gasteiger partial charge in [-0.3, -0.25) is 14.9 Å². The van der Waals surface area contributed by atoms with Gasteiger partial charge in [-0.25, -0.2) is 0 Å². The van der Waals surface area contributed by atoms with E-state index >= 15 is 0 Å². The molecule has 20 heavy (non-hydrogen) atoms. The molecule has 0 aromatic heterocycles. The maximum atomic E-state index is 12.4. The molecular weight excluding hydrogens is 260 g/mol. The molecule has 6 heteroatoms. The number of nitro groups is 1. The Kier molecular flexibility index (Phi) is 3.76. The number of piperidine rings is 1. The van der Waals surface area contributed by atoms with E-state index in [4.69, 9.17) is 0 Å². The Balaban J connectivity index is 2.27. The summed E-state index contributed by atoms with van der Waals surface area (Å²) in [7, 11) is 0. The maximum absolute atomic E-state index is 12.4. The van der Waals surface area contributed by atoms with Gasteiger partial charge < -0.3 is 10.0 Å². The zero-order valence-electron chi connectivity index (χ0n) is 11.6. The van der Waals surface area contributed by atoms with Crippen molar-refractivity contribution < 1.29 is 14.8 Å². The quantitative estimate of drug-likeness (QED) is 0.661. The molecule has 0 saturated carbocycles. The molecule has 0 aliphatic carbocycles. The molecule has 1 aliphatic heterocycles. The van der Waals surface area contributed by atoms with Crippen LogP contribution >= 0.6 is 0 Å². The third-order valence-electron chi connectivity index (χ3n) is 3.48. The molecule has 1 amide bonds. The zero-order chi connectivity index (χ0) is 14.9. The van der Waals surface area contributed by atoms with Crippen LogP contribution in [0.4, 0.5) is 5.69 Å². The summed E-state index contributed by atoms with van der Waals surface area (Å²) in [6.45, 7) is 4.24. The number of non-ortho nitro benzene ring substituents is 1. The molecule has 1 aromatic carbocycles. The second-order valence-corrected chi connectivity index (χ2v) is 5.64. The first-order chi connectivity index (χ1) is 9.28. The highest BCUT2D eigenvalue weighted by Gasteiger charge is 2.31. The van der Waals surface area contributed by atoms with Crippen LogP contribution in [0.5, 0.6) is 0 Å². The van der Waals surface area contributed by atoms with Gasteiger partial charge in [-0.2, -0.15) is 0 Å². The first kappa shape index (κ1) is 14.5. The number of amides is 1. The van der Waals surface area contributed by atoms with Crippen LogP contribution in [0.2, 0.25) is 0 Å². The summed E-state index contributed by atoms with van der Waals surface area (Å²) >= 11 is 0. The van der Waals surface area contributed by atoms with Crippen molar-refractivity contribution in [2.45, 2.75) is 32.3 Å². The van der Waals surface area contributed by atoms with Gasteiger partial charge in [0.15, 0.2) is 0 Å². The minimum Gasteiger partial charge on any atom is -0.388 e. The molecule has 108 valence electrons. The Morgan fingerprint density at radius 1 is 1.45 bits per heavy atom. The molecule has 6 nitrogen and oxygen atoms in total. The summed E-state index contributed by atoms with van der Waals surface area (Å²) in [5.74, 6) is -0.267. The molecule has 1 saturated heterocycles. The van der Waals surface area contributed by atoms with Crippen LogP contribution < -0.4 is 0 Å². The van der Waals surface area contributed by atoms with Gasteiger partial charge >= 0.3 is 0 Å². The number of nitrogens with zero attached hydrogens (tertiary/aromatic N) is 2. The summed E-state index contributed by atoms with van der Waals surface area (Å²) in [5.41, 5.74) is 0.00164. The molecule has 1 aliphatic rings. The normalized spacial score (nSPS) is 22.6. The second kappa shape index (κ2) is 5.20. The highest BCUT2D eigenvalue weighted by atomic mass is 16.6. The van der Waals surface area contributed by atoms with Crippen LogP contribution in [-0.4, -0.2) is 39.5 Å². The number of carbonyl (C=O) groups excluding carboxylic acids is 1.